The molecule has 1 amide bonds. The molecular formula is C10H17NO2. The fraction of sp³-hybridized carbons (Fsp3) is 0.900. The van der Waals surface area contributed by atoms with Crippen LogP contribution in [0.2, 0.25) is 0 Å². The van der Waals surface area contributed by atoms with Crippen molar-refractivity contribution in [1.82, 2.24) is 5.32 Å². The van der Waals surface area contributed by atoms with Crippen LogP contribution >= 0.6 is 0 Å². The highest BCUT2D eigenvalue weighted by Crippen LogP contribution is 2.52. The van der Waals surface area contributed by atoms with E-state index < -0.39 is 0 Å². The van der Waals surface area contributed by atoms with Crippen molar-refractivity contribution in [3.05, 3.63) is 0 Å². The van der Waals surface area contributed by atoms with Gasteiger partial charge in [0.15, 0.2) is 0 Å². The van der Waals surface area contributed by atoms with E-state index in [4.69, 9.17) is 5.11 Å². The molecule has 0 saturated heterocycles. The summed E-state index contributed by atoms with van der Waals surface area (Å²) >= 11 is 0. The number of aliphatic hydroxyl groups is 1. The van der Waals surface area contributed by atoms with Gasteiger partial charge < -0.3 is 10.4 Å². The van der Waals surface area contributed by atoms with E-state index in [0.29, 0.717) is 5.92 Å². The smallest absolute Gasteiger partial charge is 0.223 e. The average molecular weight is 183 g/mol. The Bertz CT molecular complexity index is 237. The van der Waals surface area contributed by atoms with Crippen molar-refractivity contribution in [3.63, 3.8) is 0 Å². The minimum absolute atomic E-state index is 0.186. The molecule has 2 unspecified atom stereocenters. The van der Waals surface area contributed by atoms with Crippen LogP contribution < -0.4 is 5.32 Å². The molecule has 0 radical (unpaired) electrons. The van der Waals surface area contributed by atoms with Crippen molar-refractivity contribution in [2.45, 2.75) is 32.7 Å². The summed E-state index contributed by atoms with van der Waals surface area (Å²) in [5.74, 6) is 0.726. The molecule has 0 heterocycles. The first-order valence-corrected chi connectivity index (χ1v) is 4.96. The Balaban J connectivity index is 1.75. The minimum Gasteiger partial charge on any atom is -0.396 e. The molecule has 2 rings (SSSR count). The third kappa shape index (κ3) is 1.70. The molecule has 2 aliphatic rings. The van der Waals surface area contributed by atoms with Crippen molar-refractivity contribution < 1.29 is 9.90 Å². The number of carbonyl (C=O) groups is 1. The summed E-state index contributed by atoms with van der Waals surface area (Å²) in [5.41, 5.74) is 0.216. The normalized spacial score (nSPS) is 39.8. The first-order chi connectivity index (χ1) is 6.04. The van der Waals surface area contributed by atoms with E-state index in [9.17, 15) is 4.79 Å². The van der Waals surface area contributed by atoms with Gasteiger partial charge in [-0.05, 0) is 18.3 Å². The van der Waals surface area contributed by atoms with Crippen molar-refractivity contribution in [1.29, 1.82) is 0 Å². The highest BCUT2D eigenvalue weighted by atomic mass is 16.3. The summed E-state index contributed by atoms with van der Waals surface area (Å²) in [5, 5.41) is 11.8. The van der Waals surface area contributed by atoms with E-state index >= 15 is 0 Å². The second kappa shape index (κ2) is 2.71. The fourth-order valence-electron chi connectivity index (χ4n) is 1.82. The van der Waals surface area contributed by atoms with Crippen LogP contribution in [0.5, 0.6) is 0 Å². The average Bonchev–Trinajstić information content (AvgIpc) is 2.89. The van der Waals surface area contributed by atoms with Gasteiger partial charge >= 0.3 is 0 Å². The van der Waals surface area contributed by atoms with Crippen LogP contribution in [0.3, 0.4) is 0 Å². The van der Waals surface area contributed by atoms with Crippen LogP contribution in [-0.2, 0) is 4.79 Å². The van der Waals surface area contributed by atoms with Gasteiger partial charge in [0.1, 0.15) is 0 Å². The van der Waals surface area contributed by atoms with E-state index in [0.717, 1.165) is 12.8 Å². The molecule has 2 aliphatic carbocycles. The van der Waals surface area contributed by atoms with Crippen LogP contribution in [0.1, 0.15) is 26.7 Å². The molecule has 0 aromatic carbocycles. The predicted octanol–water partition coefficient (Wildman–Crippen LogP) is 0.529. The number of amides is 1. The molecule has 0 bridgehead atoms. The summed E-state index contributed by atoms with van der Waals surface area (Å²) in [6, 6.07) is 0.258. The van der Waals surface area contributed by atoms with Gasteiger partial charge in [-0.1, -0.05) is 13.8 Å². The molecule has 2 fully saturated rings. The van der Waals surface area contributed by atoms with Gasteiger partial charge in [0.05, 0.1) is 0 Å². The van der Waals surface area contributed by atoms with Gasteiger partial charge in [-0.3, -0.25) is 4.79 Å². The zero-order valence-electron chi connectivity index (χ0n) is 8.21. The predicted molar refractivity (Wildman–Crippen MR) is 49.0 cm³/mol. The molecule has 2 saturated carbocycles. The van der Waals surface area contributed by atoms with Gasteiger partial charge in [-0.15, -0.1) is 0 Å². The van der Waals surface area contributed by atoms with Crippen LogP contribution in [0, 0.1) is 17.3 Å². The quantitative estimate of drug-likeness (QED) is 0.670. The number of nitrogens with one attached hydrogen (secondary N) is 1. The Kier molecular flexibility index (Phi) is 1.88. The molecule has 3 heteroatoms. The molecule has 3 nitrogen and oxygen atoms in total. The Labute approximate surface area is 78.5 Å². The monoisotopic (exact) mass is 183 g/mol. The Morgan fingerprint density at radius 2 is 2.23 bits per heavy atom. The maximum absolute atomic E-state index is 11.5. The van der Waals surface area contributed by atoms with Gasteiger partial charge in [0.25, 0.3) is 0 Å². The molecule has 0 aromatic heterocycles. The van der Waals surface area contributed by atoms with E-state index in [1.807, 2.05) is 0 Å². The lowest BCUT2D eigenvalue weighted by Gasteiger charge is -2.05. The summed E-state index contributed by atoms with van der Waals surface area (Å²) in [6.45, 7) is 4.44. The SMILES string of the molecule is CC1(C)C[C@@H]1C(=O)NC1CC1CO. The third-order valence-electron chi connectivity index (χ3n) is 3.31. The number of carbonyl (C=O) groups excluding carboxylic acids is 1. The molecule has 0 aromatic rings. The zero-order chi connectivity index (χ0) is 9.64. The van der Waals surface area contributed by atoms with Crippen LogP contribution in [0.15, 0.2) is 0 Å². The maximum Gasteiger partial charge on any atom is 0.223 e. The summed E-state index contributed by atoms with van der Waals surface area (Å²) < 4.78 is 0. The maximum atomic E-state index is 11.5. The van der Waals surface area contributed by atoms with E-state index in [-0.39, 0.29) is 29.9 Å². The van der Waals surface area contributed by atoms with Crippen LogP contribution in [0.4, 0.5) is 0 Å². The van der Waals surface area contributed by atoms with Crippen LogP contribution in [0.25, 0.3) is 0 Å². The van der Waals surface area contributed by atoms with Gasteiger partial charge in [-0.2, -0.15) is 0 Å². The zero-order valence-corrected chi connectivity index (χ0v) is 8.21. The Morgan fingerprint density at radius 1 is 1.62 bits per heavy atom. The second-order valence-electron chi connectivity index (χ2n) is 5.04. The number of hydrogen-bond donors (Lipinski definition) is 2. The third-order valence-corrected chi connectivity index (χ3v) is 3.31. The molecule has 13 heavy (non-hydrogen) atoms. The van der Waals surface area contributed by atoms with Crippen molar-refractivity contribution in [2.75, 3.05) is 6.61 Å². The number of hydrogen-bond acceptors (Lipinski definition) is 2. The highest BCUT2D eigenvalue weighted by molar-refractivity contribution is 5.82. The largest absolute Gasteiger partial charge is 0.396 e. The highest BCUT2D eigenvalue weighted by Gasteiger charge is 2.52. The topological polar surface area (TPSA) is 49.3 Å². The minimum atomic E-state index is 0.186. The number of rotatable bonds is 3. The number of aliphatic hydroxyl groups excluding tert-OH is 1. The first-order valence-electron chi connectivity index (χ1n) is 4.96. The summed E-state index contributed by atoms with van der Waals surface area (Å²) in [4.78, 5) is 11.5. The summed E-state index contributed by atoms with van der Waals surface area (Å²) in [7, 11) is 0. The second-order valence-corrected chi connectivity index (χ2v) is 5.04. The molecule has 74 valence electrons. The summed E-state index contributed by atoms with van der Waals surface area (Å²) in [6.07, 6.45) is 1.96. The lowest BCUT2D eigenvalue weighted by Crippen LogP contribution is -2.30. The van der Waals surface area contributed by atoms with E-state index in [1.165, 1.54) is 0 Å². The first kappa shape index (κ1) is 9.00. The fourth-order valence-corrected chi connectivity index (χ4v) is 1.82. The lowest BCUT2D eigenvalue weighted by atomic mass is 10.1. The van der Waals surface area contributed by atoms with E-state index in [1.54, 1.807) is 0 Å². The van der Waals surface area contributed by atoms with Gasteiger partial charge in [0.2, 0.25) is 5.91 Å². The lowest BCUT2D eigenvalue weighted by molar-refractivity contribution is -0.123. The molecule has 0 aliphatic heterocycles. The van der Waals surface area contributed by atoms with Gasteiger partial charge in [-0.25, -0.2) is 0 Å². The van der Waals surface area contributed by atoms with E-state index in [2.05, 4.69) is 19.2 Å². The van der Waals surface area contributed by atoms with Gasteiger partial charge in [0, 0.05) is 24.5 Å². The van der Waals surface area contributed by atoms with Crippen molar-refractivity contribution in [2.24, 2.45) is 17.3 Å². The standard InChI is InChI=1S/C10H17NO2/c1-10(2)4-7(10)9(13)11-8-3-6(8)5-12/h6-8,12H,3-5H2,1-2H3,(H,11,13)/t6?,7-,8?/m1/s1. The molecule has 3 atom stereocenters. The van der Waals surface area contributed by atoms with Crippen molar-refractivity contribution >= 4 is 5.91 Å². The van der Waals surface area contributed by atoms with Crippen LogP contribution in [-0.4, -0.2) is 23.7 Å². The molecule has 0 spiro atoms. The molecular weight excluding hydrogens is 166 g/mol. The Morgan fingerprint density at radius 3 is 2.62 bits per heavy atom. The molecule has 2 N–H and O–H groups in total. The Hall–Kier alpha value is -0.570. The van der Waals surface area contributed by atoms with Crippen molar-refractivity contribution in [3.8, 4) is 0 Å².